The van der Waals surface area contributed by atoms with Crippen molar-refractivity contribution < 1.29 is 4.39 Å². The molecule has 8 heteroatoms. The molecule has 3 aromatic rings. The Hall–Kier alpha value is -2.61. The summed E-state index contributed by atoms with van der Waals surface area (Å²) in [5.41, 5.74) is 0.811. The van der Waals surface area contributed by atoms with Crippen LogP contribution in [0.2, 0.25) is 0 Å². The summed E-state index contributed by atoms with van der Waals surface area (Å²) in [6.45, 7) is 3.98. The predicted octanol–water partition coefficient (Wildman–Crippen LogP) is 2.72. The summed E-state index contributed by atoms with van der Waals surface area (Å²) in [4.78, 5) is 5.62. The molecule has 26 heavy (non-hydrogen) atoms. The van der Waals surface area contributed by atoms with Crippen LogP contribution in [0.15, 0.2) is 58.5 Å². The van der Waals surface area contributed by atoms with E-state index >= 15 is 0 Å². The molecular weight excluding hydrogens is 351 g/mol. The molecule has 0 bridgehead atoms. The number of benzene rings is 1. The van der Waals surface area contributed by atoms with Crippen molar-refractivity contribution in [3.05, 3.63) is 60.3 Å². The lowest BCUT2D eigenvalue weighted by atomic mass is 10.4. The molecule has 0 fully saturated rings. The third-order valence-electron chi connectivity index (χ3n) is 3.58. The van der Waals surface area contributed by atoms with Gasteiger partial charge in [0.2, 0.25) is 0 Å². The summed E-state index contributed by atoms with van der Waals surface area (Å²) in [5, 5.41) is 14.8. The van der Waals surface area contributed by atoms with E-state index in [9.17, 15) is 4.39 Å². The van der Waals surface area contributed by atoms with Gasteiger partial charge in [-0.15, -0.1) is 22.0 Å². The second-order valence-electron chi connectivity index (χ2n) is 5.47. The van der Waals surface area contributed by atoms with Gasteiger partial charge in [0, 0.05) is 29.9 Å². The number of nitrogens with one attached hydrogen (secondary N) is 2. The number of nitrogens with zero attached hydrogens (tertiary/aromatic N) is 4. The van der Waals surface area contributed by atoms with Gasteiger partial charge >= 0.3 is 0 Å². The number of fused-ring (bicyclic) bond motifs is 1. The molecule has 0 aliphatic rings. The van der Waals surface area contributed by atoms with Crippen LogP contribution in [0.25, 0.3) is 5.65 Å². The van der Waals surface area contributed by atoms with Gasteiger partial charge in [0.25, 0.3) is 0 Å². The number of halogens is 1. The van der Waals surface area contributed by atoms with E-state index in [1.54, 1.807) is 23.9 Å². The second-order valence-corrected chi connectivity index (χ2v) is 6.64. The van der Waals surface area contributed by atoms with Gasteiger partial charge in [-0.25, -0.2) is 9.38 Å². The molecule has 0 spiro atoms. The van der Waals surface area contributed by atoms with Crippen molar-refractivity contribution >= 4 is 23.4 Å². The van der Waals surface area contributed by atoms with Crippen LogP contribution in [0.4, 0.5) is 4.39 Å². The van der Waals surface area contributed by atoms with Crippen LogP contribution in [0.3, 0.4) is 0 Å². The van der Waals surface area contributed by atoms with E-state index < -0.39 is 0 Å². The highest BCUT2D eigenvalue weighted by Crippen LogP contribution is 2.17. The van der Waals surface area contributed by atoms with Gasteiger partial charge in [0.05, 0.1) is 0 Å². The fraction of sp³-hybridized carbons (Fsp3) is 0.278. The smallest absolute Gasteiger partial charge is 0.191 e. The number of aliphatic imine (C=N–C) groups is 1. The zero-order valence-corrected chi connectivity index (χ0v) is 15.3. The Balaban J connectivity index is 1.53. The summed E-state index contributed by atoms with van der Waals surface area (Å²) in [5.74, 6) is 2.16. The van der Waals surface area contributed by atoms with Gasteiger partial charge in [-0.1, -0.05) is 6.07 Å². The van der Waals surface area contributed by atoms with Crippen molar-refractivity contribution in [2.24, 2.45) is 4.99 Å². The van der Waals surface area contributed by atoms with Crippen LogP contribution in [-0.2, 0) is 6.54 Å². The molecule has 0 aliphatic carbocycles. The van der Waals surface area contributed by atoms with Gasteiger partial charge in [-0.2, -0.15) is 0 Å². The van der Waals surface area contributed by atoms with E-state index in [2.05, 4.69) is 25.8 Å². The summed E-state index contributed by atoms with van der Waals surface area (Å²) >= 11 is 1.67. The Kier molecular flexibility index (Phi) is 6.43. The van der Waals surface area contributed by atoms with Gasteiger partial charge < -0.3 is 10.6 Å². The Morgan fingerprint density at radius 1 is 1.15 bits per heavy atom. The van der Waals surface area contributed by atoms with Crippen molar-refractivity contribution in [2.75, 3.05) is 18.8 Å². The van der Waals surface area contributed by atoms with Crippen LogP contribution >= 0.6 is 11.8 Å². The molecule has 2 heterocycles. The minimum Gasteiger partial charge on any atom is -0.357 e. The number of guanidine groups is 1. The number of hydrogen-bond acceptors (Lipinski definition) is 4. The van der Waals surface area contributed by atoms with E-state index in [0.29, 0.717) is 6.54 Å². The van der Waals surface area contributed by atoms with Crippen LogP contribution < -0.4 is 10.6 Å². The Bertz CT molecular complexity index is 862. The monoisotopic (exact) mass is 372 g/mol. The average Bonchev–Trinajstić information content (AvgIpc) is 3.08. The number of rotatable bonds is 7. The first-order valence-electron chi connectivity index (χ1n) is 8.45. The summed E-state index contributed by atoms with van der Waals surface area (Å²) in [7, 11) is 0. The highest BCUT2D eigenvalue weighted by molar-refractivity contribution is 7.99. The largest absolute Gasteiger partial charge is 0.357 e. The SMILES string of the molecule is CCNC(=NCc1nnc2ccccn12)NCCSc1ccc(F)cc1. The van der Waals surface area contributed by atoms with Crippen molar-refractivity contribution in [3.63, 3.8) is 0 Å². The average molecular weight is 372 g/mol. The zero-order valence-electron chi connectivity index (χ0n) is 14.5. The number of thioether (sulfide) groups is 1. The van der Waals surface area contributed by atoms with Crippen molar-refractivity contribution in [3.8, 4) is 0 Å². The molecule has 0 amide bonds. The fourth-order valence-corrected chi connectivity index (χ4v) is 3.13. The van der Waals surface area contributed by atoms with Crippen molar-refractivity contribution in [1.82, 2.24) is 25.2 Å². The van der Waals surface area contributed by atoms with Crippen LogP contribution in [-0.4, -0.2) is 39.4 Å². The van der Waals surface area contributed by atoms with E-state index in [1.807, 2.05) is 35.7 Å². The normalized spacial score (nSPS) is 11.7. The molecule has 1 aromatic carbocycles. The Morgan fingerprint density at radius 3 is 2.81 bits per heavy atom. The predicted molar refractivity (Wildman–Crippen MR) is 103 cm³/mol. The van der Waals surface area contributed by atoms with Crippen molar-refractivity contribution in [2.45, 2.75) is 18.4 Å². The molecule has 0 unspecified atom stereocenters. The first kappa shape index (κ1) is 18.2. The lowest BCUT2D eigenvalue weighted by Crippen LogP contribution is -2.38. The lowest BCUT2D eigenvalue weighted by Gasteiger charge is -2.11. The Labute approximate surface area is 155 Å². The van der Waals surface area contributed by atoms with Crippen LogP contribution in [0, 0.1) is 5.82 Å². The van der Waals surface area contributed by atoms with Gasteiger partial charge in [-0.3, -0.25) is 4.40 Å². The molecule has 0 saturated carbocycles. The summed E-state index contributed by atoms with van der Waals surface area (Å²) in [6.07, 6.45) is 1.93. The number of hydrogen-bond donors (Lipinski definition) is 2. The molecule has 0 atom stereocenters. The van der Waals surface area contributed by atoms with E-state index in [0.717, 1.165) is 41.2 Å². The topological polar surface area (TPSA) is 66.6 Å². The molecular formula is C18H21FN6S. The molecule has 2 aromatic heterocycles. The maximum atomic E-state index is 12.9. The van der Waals surface area contributed by atoms with Crippen LogP contribution in [0.1, 0.15) is 12.7 Å². The van der Waals surface area contributed by atoms with Gasteiger partial charge in [0.1, 0.15) is 12.4 Å². The minimum absolute atomic E-state index is 0.213. The molecule has 2 N–H and O–H groups in total. The fourth-order valence-electron chi connectivity index (χ4n) is 2.36. The molecule has 0 aliphatic heterocycles. The molecule has 136 valence electrons. The first-order chi connectivity index (χ1) is 12.8. The third kappa shape index (κ3) is 4.95. The highest BCUT2D eigenvalue weighted by atomic mass is 32.2. The molecule has 0 saturated heterocycles. The zero-order chi connectivity index (χ0) is 18.2. The second kappa shape index (κ2) is 9.19. The van der Waals surface area contributed by atoms with E-state index in [1.165, 1.54) is 12.1 Å². The lowest BCUT2D eigenvalue weighted by molar-refractivity contribution is 0.626. The van der Waals surface area contributed by atoms with E-state index in [-0.39, 0.29) is 5.82 Å². The molecule has 6 nitrogen and oxygen atoms in total. The number of aromatic nitrogens is 3. The summed E-state index contributed by atoms with van der Waals surface area (Å²) in [6, 6.07) is 12.3. The van der Waals surface area contributed by atoms with E-state index in [4.69, 9.17) is 0 Å². The summed E-state index contributed by atoms with van der Waals surface area (Å²) < 4.78 is 14.8. The third-order valence-corrected chi connectivity index (χ3v) is 4.60. The number of pyridine rings is 1. The van der Waals surface area contributed by atoms with Gasteiger partial charge in [-0.05, 0) is 43.3 Å². The van der Waals surface area contributed by atoms with Crippen LogP contribution in [0.5, 0.6) is 0 Å². The molecule has 3 rings (SSSR count). The minimum atomic E-state index is -0.213. The maximum Gasteiger partial charge on any atom is 0.191 e. The standard InChI is InChI=1S/C18H21FN6S/c1-2-20-18(21-10-12-26-15-8-6-14(19)7-9-15)22-13-17-24-23-16-5-3-4-11-25(16)17/h3-9,11H,2,10,12-13H2,1H3,(H2,20,21,22). The van der Waals surface area contributed by atoms with Crippen molar-refractivity contribution in [1.29, 1.82) is 0 Å². The quantitative estimate of drug-likeness (QED) is 0.289. The first-order valence-corrected chi connectivity index (χ1v) is 9.44. The molecule has 0 radical (unpaired) electrons. The van der Waals surface area contributed by atoms with Gasteiger partial charge in [0.15, 0.2) is 17.4 Å². The Morgan fingerprint density at radius 2 is 2.00 bits per heavy atom. The maximum absolute atomic E-state index is 12.9. The highest BCUT2D eigenvalue weighted by Gasteiger charge is 2.04.